The van der Waals surface area contributed by atoms with Crippen molar-refractivity contribution in [3.8, 4) is 11.1 Å². The third-order valence-electron chi connectivity index (χ3n) is 4.85. The summed E-state index contributed by atoms with van der Waals surface area (Å²) in [5, 5.41) is 4.33. The van der Waals surface area contributed by atoms with Gasteiger partial charge in [0.25, 0.3) is 5.56 Å². The molecule has 0 aliphatic heterocycles. The van der Waals surface area contributed by atoms with E-state index in [2.05, 4.69) is 26.1 Å². The molecule has 31 heavy (non-hydrogen) atoms. The highest BCUT2D eigenvalue weighted by Gasteiger charge is 2.21. The van der Waals surface area contributed by atoms with Gasteiger partial charge in [-0.3, -0.25) is 4.79 Å². The lowest BCUT2D eigenvalue weighted by atomic mass is 9.95. The monoisotopic (exact) mass is 419 g/mol. The summed E-state index contributed by atoms with van der Waals surface area (Å²) < 4.78 is 7.20. The summed E-state index contributed by atoms with van der Waals surface area (Å²) in [6.07, 6.45) is -0.513. The summed E-state index contributed by atoms with van der Waals surface area (Å²) in [7, 11) is 0. The molecule has 0 saturated carbocycles. The first-order valence-corrected chi connectivity index (χ1v) is 10.6. The number of carbonyl (C=O) groups is 1. The number of pyridine rings is 1. The molecule has 3 aromatic rings. The molecule has 0 fully saturated rings. The fraction of sp³-hybridized carbons (Fsp3) is 0.346. The van der Waals surface area contributed by atoms with E-state index in [4.69, 9.17) is 4.74 Å². The number of rotatable bonds is 5. The molecular formula is C26H31N2O3. The van der Waals surface area contributed by atoms with Crippen LogP contribution < -0.4 is 10.9 Å². The van der Waals surface area contributed by atoms with E-state index in [1.807, 2.05) is 69.3 Å². The molecule has 1 aromatic heterocycles. The molecule has 0 unspecified atom stereocenters. The molecule has 0 saturated heterocycles. The van der Waals surface area contributed by atoms with Gasteiger partial charge in [-0.1, -0.05) is 56.3 Å². The molecule has 1 N–H and O–H groups in total. The van der Waals surface area contributed by atoms with Crippen LogP contribution in [0.15, 0.2) is 53.3 Å². The Kier molecular flexibility index (Phi) is 6.54. The normalized spacial score (nSPS) is 11.7. The molecule has 2 aromatic carbocycles. The van der Waals surface area contributed by atoms with Crippen LogP contribution in [0, 0.1) is 12.8 Å². The maximum absolute atomic E-state index is 13.5. The number of nitrogens with zero attached hydrogens (tertiary/aromatic N) is 1. The Morgan fingerprint density at radius 1 is 1.10 bits per heavy atom. The van der Waals surface area contributed by atoms with Crippen molar-refractivity contribution in [2.45, 2.75) is 53.3 Å². The van der Waals surface area contributed by atoms with E-state index in [0.717, 1.165) is 27.8 Å². The van der Waals surface area contributed by atoms with Crippen molar-refractivity contribution in [1.29, 1.82) is 0 Å². The zero-order valence-corrected chi connectivity index (χ0v) is 19.0. The highest BCUT2D eigenvalue weighted by Crippen LogP contribution is 2.31. The molecular weight excluding hydrogens is 388 g/mol. The second-order valence-corrected chi connectivity index (χ2v) is 9.23. The minimum Gasteiger partial charge on any atom is -0.444 e. The first kappa shape index (κ1) is 22.6. The maximum atomic E-state index is 13.5. The molecule has 0 aliphatic rings. The number of amides is 1. The van der Waals surface area contributed by atoms with Gasteiger partial charge >= 0.3 is 6.09 Å². The predicted octanol–water partition coefficient (Wildman–Crippen LogP) is 5.53. The quantitative estimate of drug-likeness (QED) is 0.591. The van der Waals surface area contributed by atoms with Gasteiger partial charge in [0, 0.05) is 23.2 Å². The van der Waals surface area contributed by atoms with Gasteiger partial charge in [0.2, 0.25) is 0 Å². The van der Waals surface area contributed by atoms with Crippen LogP contribution in [0.1, 0.15) is 45.9 Å². The summed E-state index contributed by atoms with van der Waals surface area (Å²) in [6, 6.07) is 15.6. The SMILES string of the molecule is [CH2]c1ccc2c(=O)n(CC(C)C)c(CNC(=O)OC(C)(C)C)c(-c3ccccc3)c2c1. The number of carbonyl (C=O) groups excluding carboxylic acids is 1. The first-order valence-electron chi connectivity index (χ1n) is 10.6. The van der Waals surface area contributed by atoms with Crippen molar-refractivity contribution >= 4 is 16.9 Å². The summed E-state index contributed by atoms with van der Waals surface area (Å²) in [5.74, 6) is 0.256. The van der Waals surface area contributed by atoms with E-state index in [-0.39, 0.29) is 18.0 Å². The third-order valence-corrected chi connectivity index (χ3v) is 4.85. The van der Waals surface area contributed by atoms with Crippen LogP contribution in [0.2, 0.25) is 0 Å². The Balaban J connectivity index is 2.25. The van der Waals surface area contributed by atoms with Crippen LogP contribution in [0.25, 0.3) is 21.9 Å². The Bertz CT molecular complexity index is 1140. The van der Waals surface area contributed by atoms with Crippen molar-refractivity contribution in [2.24, 2.45) is 5.92 Å². The summed E-state index contributed by atoms with van der Waals surface area (Å²) in [5.41, 5.74) is 2.83. The van der Waals surface area contributed by atoms with E-state index in [9.17, 15) is 9.59 Å². The van der Waals surface area contributed by atoms with Gasteiger partial charge in [0.1, 0.15) is 5.60 Å². The smallest absolute Gasteiger partial charge is 0.407 e. The zero-order chi connectivity index (χ0) is 22.8. The minimum absolute atomic E-state index is 0.0654. The van der Waals surface area contributed by atoms with Gasteiger partial charge in [0.15, 0.2) is 0 Å². The van der Waals surface area contributed by atoms with E-state index in [1.165, 1.54) is 0 Å². The number of alkyl carbamates (subject to hydrolysis) is 1. The van der Waals surface area contributed by atoms with Crippen molar-refractivity contribution in [3.63, 3.8) is 0 Å². The van der Waals surface area contributed by atoms with Crippen molar-refractivity contribution in [2.75, 3.05) is 0 Å². The van der Waals surface area contributed by atoms with Crippen molar-refractivity contribution in [1.82, 2.24) is 9.88 Å². The lowest BCUT2D eigenvalue weighted by Crippen LogP contribution is -2.35. The molecule has 0 bridgehead atoms. The minimum atomic E-state index is -0.601. The van der Waals surface area contributed by atoms with Gasteiger partial charge in [-0.15, -0.1) is 0 Å². The largest absolute Gasteiger partial charge is 0.444 e. The van der Waals surface area contributed by atoms with Crippen LogP contribution >= 0.6 is 0 Å². The number of benzene rings is 2. The van der Waals surface area contributed by atoms with Gasteiger partial charge in [-0.05, 0) is 56.2 Å². The molecule has 3 rings (SSSR count). The molecule has 0 aliphatic carbocycles. The molecule has 5 nitrogen and oxygen atoms in total. The van der Waals surface area contributed by atoms with Crippen molar-refractivity contribution < 1.29 is 9.53 Å². The fourth-order valence-electron chi connectivity index (χ4n) is 3.68. The highest BCUT2D eigenvalue weighted by molar-refractivity contribution is 5.98. The standard InChI is InChI=1S/C26H31N2O3/c1-17(2)16-28-22(15-27-25(30)31-26(4,5)6)23(19-10-8-7-9-11-19)21-14-18(3)12-13-20(21)24(28)29/h7-14,17H,3,15-16H2,1-2,4-6H3,(H,27,30). The van der Waals surface area contributed by atoms with Crippen LogP contribution in [0.4, 0.5) is 4.79 Å². The number of nitrogens with one attached hydrogen (secondary N) is 1. The molecule has 1 amide bonds. The average molecular weight is 420 g/mol. The fourth-order valence-corrected chi connectivity index (χ4v) is 3.68. The Morgan fingerprint density at radius 3 is 2.39 bits per heavy atom. The van der Waals surface area contributed by atoms with Crippen LogP contribution in [-0.2, 0) is 17.8 Å². The van der Waals surface area contributed by atoms with E-state index < -0.39 is 11.7 Å². The maximum Gasteiger partial charge on any atom is 0.407 e. The van der Waals surface area contributed by atoms with E-state index in [0.29, 0.717) is 11.9 Å². The lowest BCUT2D eigenvalue weighted by Gasteiger charge is -2.23. The second kappa shape index (κ2) is 8.96. The average Bonchev–Trinajstić information content (AvgIpc) is 2.67. The van der Waals surface area contributed by atoms with Gasteiger partial charge in [0.05, 0.1) is 6.54 Å². The number of aromatic nitrogens is 1. The Labute approximate surface area is 184 Å². The number of hydrogen-bond donors (Lipinski definition) is 1. The highest BCUT2D eigenvalue weighted by atomic mass is 16.6. The van der Waals surface area contributed by atoms with E-state index >= 15 is 0 Å². The number of hydrogen-bond acceptors (Lipinski definition) is 3. The summed E-state index contributed by atoms with van der Waals surface area (Å²) in [4.78, 5) is 25.8. The molecule has 0 atom stereocenters. The molecule has 1 radical (unpaired) electrons. The van der Waals surface area contributed by atoms with Crippen LogP contribution in [0.3, 0.4) is 0 Å². The summed E-state index contributed by atoms with van der Waals surface area (Å²) >= 11 is 0. The Morgan fingerprint density at radius 2 is 1.77 bits per heavy atom. The predicted molar refractivity (Wildman–Crippen MR) is 126 cm³/mol. The van der Waals surface area contributed by atoms with Crippen LogP contribution in [0.5, 0.6) is 0 Å². The first-order chi connectivity index (χ1) is 14.6. The molecule has 5 heteroatoms. The zero-order valence-electron chi connectivity index (χ0n) is 19.0. The molecule has 1 heterocycles. The Hall–Kier alpha value is -3.08. The number of fused-ring (bicyclic) bond motifs is 1. The topological polar surface area (TPSA) is 60.3 Å². The van der Waals surface area contributed by atoms with Crippen molar-refractivity contribution in [3.05, 3.63) is 77.1 Å². The lowest BCUT2D eigenvalue weighted by molar-refractivity contribution is 0.0522. The molecule has 163 valence electrons. The van der Waals surface area contributed by atoms with E-state index in [1.54, 1.807) is 4.57 Å². The third kappa shape index (κ3) is 5.35. The van der Waals surface area contributed by atoms with Gasteiger partial charge in [-0.25, -0.2) is 4.79 Å². The van der Waals surface area contributed by atoms with Crippen LogP contribution in [-0.4, -0.2) is 16.3 Å². The van der Waals surface area contributed by atoms with Gasteiger partial charge in [-0.2, -0.15) is 0 Å². The second-order valence-electron chi connectivity index (χ2n) is 9.23. The summed E-state index contributed by atoms with van der Waals surface area (Å²) in [6.45, 7) is 14.4. The number of ether oxygens (including phenoxy) is 1. The molecule has 0 spiro atoms. The van der Waals surface area contributed by atoms with Gasteiger partial charge < -0.3 is 14.6 Å².